The van der Waals surface area contributed by atoms with Gasteiger partial charge in [0.1, 0.15) is 17.5 Å². The number of nitrogens with one attached hydrogen (secondary N) is 1. The molecule has 1 saturated heterocycles. The fraction of sp³-hybridized carbons (Fsp3) is 0.333. The number of aliphatic hydroxyl groups excluding tert-OH is 1. The molecule has 7 nitrogen and oxygen atoms in total. The van der Waals surface area contributed by atoms with Crippen LogP contribution in [0.5, 0.6) is 0 Å². The summed E-state index contributed by atoms with van der Waals surface area (Å²) in [6, 6.07) is 13.8. The average Bonchev–Trinajstić information content (AvgIpc) is 3.65. The van der Waals surface area contributed by atoms with Gasteiger partial charge in [-0.2, -0.15) is 5.26 Å². The summed E-state index contributed by atoms with van der Waals surface area (Å²) in [7, 11) is 0. The second-order valence-corrected chi connectivity index (χ2v) is 8.26. The molecule has 5 rings (SSSR count). The Morgan fingerprint density at radius 1 is 1.06 bits per heavy atom. The van der Waals surface area contributed by atoms with E-state index in [0.717, 1.165) is 36.5 Å². The summed E-state index contributed by atoms with van der Waals surface area (Å²) in [5, 5.41) is 22.3. The van der Waals surface area contributed by atoms with Crippen molar-refractivity contribution in [3.63, 3.8) is 0 Å². The molecule has 4 heterocycles. The average molecular weight is 412 g/mol. The van der Waals surface area contributed by atoms with Crippen molar-refractivity contribution in [2.24, 2.45) is 0 Å². The molecular formula is C24H24N6O. The van der Waals surface area contributed by atoms with Crippen LogP contribution in [-0.2, 0) is 0 Å². The van der Waals surface area contributed by atoms with E-state index in [0.29, 0.717) is 29.7 Å². The van der Waals surface area contributed by atoms with E-state index in [9.17, 15) is 5.11 Å². The molecule has 2 fully saturated rings. The number of nitrogens with zero attached hydrogens (tertiary/aromatic N) is 5. The molecular weight excluding hydrogens is 388 g/mol. The number of aromatic nitrogens is 3. The first kappa shape index (κ1) is 19.5. The maximum Gasteiger partial charge on any atom is 0.132 e. The predicted molar refractivity (Wildman–Crippen MR) is 119 cm³/mol. The standard InChI is InChI=1S/C24H24N6O/c25-13-16-7-8-26-22(10-16)29-23-12-19(17-3-4-17)11-21(28-23)18-5-6-24(27-14-18)30-9-1-2-20(31)15-30/h5-8,10-12,14,17,20,31H,1-4,9,15H2,(H,26,28,29). The summed E-state index contributed by atoms with van der Waals surface area (Å²) >= 11 is 0. The van der Waals surface area contributed by atoms with Gasteiger partial charge in [0.05, 0.1) is 23.4 Å². The first-order valence-corrected chi connectivity index (χ1v) is 10.7. The van der Waals surface area contributed by atoms with Gasteiger partial charge in [-0.05, 0) is 73.6 Å². The van der Waals surface area contributed by atoms with Crippen molar-refractivity contribution >= 4 is 17.5 Å². The number of hydrogen-bond donors (Lipinski definition) is 2. The fourth-order valence-corrected chi connectivity index (χ4v) is 4.00. The fourth-order valence-electron chi connectivity index (χ4n) is 4.00. The Kier molecular flexibility index (Phi) is 5.23. The first-order valence-electron chi connectivity index (χ1n) is 10.7. The Labute approximate surface area is 181 Å². The van der Waals surface area contributed by atoms with Crippen LogP contribution in [0.15, 0.2) is 48.8 Å². The molecule has 1 atom stereocenters. The zero-order valence-electron chi connectivity index (χ0n) is 17.2. The monoisotopic (exact) mass is 412 g/mol. The highest BCUT2D eigenvalue weighted by Gasteiger charge is 2.25. The summed E-state index contributed by atoms with van der Waals surface area (Å²) < 4.78 is 0. The zero-order valence-corrected chi connectivity index (χ0v) is 17.2. The summed E-state index contributed by atoms with van der Waals surface area (Å²) in [6.07, 6.45) is 7.41. The van der Waals surface area contributed by atoms with Gasteiger partial charge in [-0.1, -0.05) is 0 Å². The molecule has 0 radical (unpaired) electrons. The number of rotatable bonds is 5. The van der Waals surface area contributed by atoms with E-state index in [1.54, 1.807) is 18.3 Å². The lowest BCUT2D eigenvalue weighted by atomic mass is 10.1. The van der Waals surface area contributed by atoms with Crippen LogP contribution in [0.4, 0.5) is 17.5 Å². The Morgan fingerprint density at radius 3 is 2.71 bits per heavy atom. The van der Waals surface area contributed by atoms with Gasteiger partial charge in [0.25, 0.3) is 0 Å². The molecule has 0 spiro atoms. The molecule has 1 unspecified atom stereocenters. The molecule has 2 N–H and O–H groups in total. The molecule has 1 aliphatic carbocycles. The Balaban J connectivity index is 1.42. The van der Waals surface area contributed by atoms with Crippen molar-refractivity contribution < 1.29 is 5.11 Å². The minimum atomic E-state index is -0.283. The lowest BCUT2D eigenvalue weighted by Gasteiger charge is -2.31. The summed E-state index contributed by atoms with van der Waals surface area (Å²) in [6.45, 7) is 1.55. The van der Waals surface area contributed by atoms with E-state index in [1.165, 1.54) is 18.4 Å². The number of nitriles is 1. The third-order valence-electron chi connectivity index (χ3n) is 5.81. The predicted octanol–water partition coefficient (Wildman–Crippen LogP) is 3.99. The van der Waals surface area contributed by atoms with Gasteiger partial charge in [0.15, 0.2) is 0 Å². The van der Waals surface area contributed by atoms with Crippen molar-refractivity contribution in [1.82, 2.24) is 15.0 Å². The van der Waals surface area contributed by atoms with Crippen LogP contribution in [0.3, 0.4) is 0 Å². The van der Waals surface area contributed by atoms with E-state index < -0.39 is 0 Å². The Bertz CT molecular complexity index is 1120. The number of anilines is 3. The summed E-state index contributed by atoms with van der Waals surface area (Å²) in [5.41, 5.74) is 3.62. The van der Waals surface area contributed by atoms with Crippen molar-refractivity contribution in [3.8, 4) is 17.3 Å². The smallest absolute Gasteiger partial charge is 0.132 e. The molecule has 7 heteroatoms. The lowest BCUT2D eigenvalue weighted by Crippen LogP contribution is -2.38. The highest BCUT2D eigenvalue weighted by molar-refractivity contribution is 5.66. The molecule has 156 valence electrons. The van der Waals surface area contributed by atoms with Gasteiger partial charge >= 0.3 is 0 Å². The highest BCUT2D eigenvalue weighted by atomic mass is 16.3. The minimum absolute atomic E-state index is 0.283. The van der Waals surface area contributed by atoms with Crippen LogP contribution in [0.2, 0.25) is 0 Å². The molecule has 31 heavy (non-hydrogen) atoms. The van der Waals surface area contributed by atoms with Gasteiger partial charge in [0.2, 0.25) is 0 Å². The van der Waals surface area contributed by atoms with Crippen molar-refractivity contribution in [2.45, 2.75) is 37.7 Å². The highest BCUT2D eigenvalue weighted by Crippen LogP contribution is 2.42. The first-order chi connectivity index (χ1) is 15.2. The normalized spacial score (nSPS) is 18.5. The quantitative estimate of drug-likeness (QED) is 0.654. The summed E-state index contributed by atoms with van der Waals surface area (Å²) in [5.74, 6) is 2.77. The van der Waals surface area contributed by atoms with Crippen LogP contribution >= 0.6 is 0 Å². The van der Waals surface area contributed by atoms with Crippen molar-refractivity contribution in [2.75, 3.05) is 23.3 Å². The number of aliphatic hydroxyl groups is 1. The maximum absolute atomic E-state index is 9.94. The van der Waals surface area contributed by atoms with E-state index in [1.807, 2.05) is 18.3 Å². The molecule has 3 aromatic heterocycles. The number of piperidine rings is 1. The van der Waals surface area contributed by atoms with Crippen LogP contribution in [0, 0.1) is 11.3 Å². The SMILES string of the molecule is N#Cc1ccnc(Nc2cc(C3CC3)cc(-c3ccc(N4CCCC(O)C4)nc3)n2)c1. The molecule has 1 aliphatic heterocycles. The second-order valence-electron chi connectivity index (χ2n) is 8.26. The largest absolute Gasteiger partial charge is 0.391 e. The second kappa shape index (κ2) is 8.32. The van der Waals surface area contributed by atoms with Gasteiger partial charge in [-0.3, -0.25) is 0 Å². The maximum atomic E-state index is 9.94. The van der Waals surface area contributed by atoms with Gasteiger partial charge < -0.3 is 15.3 Å². The third-order valence-corrected chi connectivity index (χ3v) is 5.81. The van der Waals surface area contributed by atoms with Crippen LogP contribution in [0.1, 0.15) is 42.7 Å². The van der Waals surface area contributed by atoms with Gasteiger partial charge in [-0.25, -0.2) is 15.0 Å². The van der Waals surface area contributed by atoms with Crippen molar-refractivity contribution in [3.05, 3.63) is 59.9 Å². The molecule has 1 saturated carbocycles. The van der Waals surface area contributed by atoms with Crippen LogP contribution in [-0.4, -0.2) is 39.3 Å². The van der Waals surface area contributed by atoms with Gasteiger partial charge in [0, 0.05) is 31.0 Å². The Morgan fingerprint density at radius 2 is 1.97 bits per heavy atom. The number of hydrogen-bond acceptors (Lipinski definition) is 7. The Hall–Kier alpha value is -3.50. The van der Waals surface area contributed by atoms with Crippen LogP contribution in [0.25, 0.3) is 11.3 Å². The topological polar surface area (TPSA) is 98.0 Å². The zero-order chi connectivity index (χ0) is 21.2. The van der Waals surface area contributed by atoms with Crippen molar-refractivity contribution in [1.29, 1.82) is 5.26 Å². The number of pyridine rings is 3. The molecule has 3 aromatic rings. The van der Waals surface area contributed by atoms with E-state index in [2.05, 4.69) is 38.4 Å². The molecule has 0 amide bonds. The summed E-state index contributed by atoms with van der Waals surface area (Å²) in [4.78, 5) is 15.9. The van der Waals surface area contributed by atoms with Crippen LogP contribution < -0.4 is 10.2 Å². The van der Waals surface area contributed by atoms with Gasteiger partial charge in [-0.15, -0.1) is 0 Å². The van der Waals surface area contributed by atoms with E-state index >= 15 is 0 Å². The molecule has 0 bridgehead atoms. The molecule has 0 aromatic carbocycles. The minimum Gasteiger partial charge on any atom is -0.391 e. The van der Waals surface area contributed by atoms with E-state index in [4.69, 9.17) is 10.2 Å². The molecule has 2 aliphatic rings. The lowest BCUT2D eigenvalue weighted by molar-refractivity contribution is 0.154. The number of β-amino-alcohol motifs (C(OH)–C–C–N with tert-alkyl or cyclic N) is 1. The third kappa shape index (κ3) is 4.49. The van der Waals surface area contributed by atoms with E-state index in [-0.39, 0.29) is 6.10 Å².